The molecule has 0 radical (unpaired) electrons. The Hall–Kier alpha value is -2.46. The molecule has 1 spiro atoms. The number of hydrogen-bond donors (Lipinski definition) is 2. The third-order valence-electron chi connectivity index (χ3n) is 9.29. The summed E-state index contributed by atoms with van der Waals surface area (Å²) in [5.74, 6) is -2.14. The van der Waals surface area contributed by atoms with E-state index in [9.17, 15) is 14.4 Å². The van der Waals surface area contributed by atoms with Crippen molar-refractivity contribution in [1.82, 2.24) is 15.1 Å². The monoisotopic (exact) mass is 570 g/mol. The molecule has 6 rings (SSSR count). The van der Waals surface area contributed by atoms with Gasteiger partial charge in [-0.15, -0.1) is 0 Å². The molecule has 9 nitrogen and oxygen atoms in total. The van der Waals surface area contributed by atoms with E-state index >= 15 is 0 Å². The Morgan fingerprint density at radius 1 is 1.10 bits per heavy atom. The van der Waals surface area contributed by atoms with Gasteiger partial charge in [-0.05, 0) is 43.9 Å². The van der Waals surface area contributed by atoms with Crippen molar-refractivity contribution >= 4 is 35.0 Å². The van der Waals surface area contributed by atoms with Gasteiger partial charge in [0.1, 0.15) is 11.6 Å². The second-order valence-corrected chi connectivity index (χ2v) is 12.2. The van der Waals surface area contributed by atoms with Crippen molar-refractivity contribution in [2.75, 3.05) is 44.7 Å². The molecular formula is C30H39ClN4O5. The van der Waals surface area contributed by atoms with Crippen LogP contribution in [0, 0.1) is 18.8 Å². The quantitative estimate of drug-likeness (QED) is 0.466. The van der Waals surface area contributed by atoms with E-state index in [0.717, 1.165) is 57.3 Å². The Kier molecular flexibility index (Phi) is 7.92. The number of amides is 3. The van der Waals surface area contributed by atoms with Gasteiger partial charge in [-0.2, -0.15) is 0 Å². The van der Waals surface area contributed by atoms with Crippen molar-refractivity contribution in [3.8, 4) is 0 Å². The molecular weight excluding hydrogens is 532 g/mol. The lowest BCUT2D eigenvalue weighted by Crippen LogP contribution is -2.56. The lowest BCUT2D eigenvalue weighted by molar-refractivity contribution is -0.141. The summed E-state index contributed by atoms with van der Waals surface area (Å²) in [7, 11) is 0. The summed E-state index contributed by atoms with van der Waals surface area (Å²) < 4.78 is 11.9. The van der Waals surface area contributed by atoms with Crippen LogP contribution < -0.4 is 10.6 Å². The average Bonchev–Trinajstić information content (AvgIpc) is 3.59. The van der Waals surface area contributed by atoms with Gasteiger partial charge >= 0.3 is 0 Å². The highest BCUT2D eigenvalue weighted by Crippen LogP contribution is 2.55. The van der Waals surface area contributed by atoms with Crippen molar-refractivity contribution in [3.05, 3.63) is 40.9 Å². The molecule has 1 aliphatic carbocycles. The molecule has 2 bridgehead atoms. The molecule has 1 aromatic carbocycles. The Balaban J connectivity index is 1.24. The number of fused-ring (bicyclic) bond motifs is 1. The first-order valence-corrected chi connectivity index (χ1v) is 15.1. The lowest BCUT2D eigenvalue weighted by atomic mass is 9.74. The van der Waals surface area contributed by atoms with Gasteiger partial charge < -0.3 is 25.0 Å². The fourth-order valence-electron chi connectivity index (χ4n) is 7.22. The molecule has 1 saturated carbocycles. The standard InChI is InChI=1S/C30H39ClN4O5/c1-19-8-9-21(18-22(19)31)33-27(36)24-23-10-11-30(40-23)25(24)29(38)35(13-5-12-34-14-16-39-17-15-34)26(30)28(37)32-20-6-3-2-4-7-20/h8-11,18,20,23-26H,2-7,12-17H2,1H3,(H,32,37)(H,33,36)/t23-,24+,25-,26-,30-/m0/s1. The normalized spacial score (nSPS) is 31.9. The molecule has 0 unspecified atom stereocenters. The van der Waals surface area contributed by atoms with Crippen LogP contribution in [0.5, 0.6) is 0 Å². The maximum atomic E-state index is 14.1. The predicted octanol–water partition coefficient (Wildman–Crippen LogP) is 2.91. The number of hydrogen-bond acceptors (Lipinski definition) is 6. The van der Waals surface area contributed by atoms with Crippen molar-refractivity contribution in [1.29, 1.82) is 0 Å². The van der Waals surface area contributed by atoms with Crippen molar-refractivity contribution in [2.45, 2.75) is 69.2 Å². The van der Waals surface area contributed by atoms with Gasteiger partial charge in [0, 0.05) is 42.9 Å². The minimum absolute atomic E-state index is 0.106. The number of ether oxygens (including phenoxy) is 2. The maximum Gasteiger partial charge on any atom is 0.246 e. The van der Waals surface area contributed by atoms with Gasteiger partial charge in [0.2, 0.25) is 17.7 Å². The Labute approximate surface area is 240 Å². The number of nitrogens with one attached hydrogen (secondary N) is 2. The smallest absolute Gasteiger partial charge is 0.246 e. The van der Waals surface area contributed by atoms with Gasteiger partial charge in [0.15, 0.2) is 0 Å². The topological polar surface area (TPSA) is 100 Å². The second-order valence-electron chi connectivity index (χ2n) is 11.8. The fourth-order valence-corrected chi connectivity index (χ4v) is 7.40. The summed E-state index contributed by atoms with van der Waals surface area (Å²) in [6.45, 7) is 6.30. The number of halogens is 1. The Morgan fingerprint density at radius 2 is 1.88 bits per heavy atom. The number of morpholine rings is 1. The molecule has 10 heteroatoms. The first-order valence-electron chi connectivity index (χ1n) is 14.7. The number of carbonyl (C=O) groups is 3. The molecule has 3 saturated heterocycles. The van der Waals surface area contributed by atoms with Crippen LogP contribution in [0.4, 0.5) is 5.69 Å². The average molecular weight is 571 g/mol. The van der Waals surface area contributed by atoms with Gasteiger partial charge in [-0.3, -0.25) is 19.3 Å². The van der Waals surface area contributed by atoms with Crippen LogP contribution in [0.1, 0.15) is 44.1 Å². The van der Waals surface area contributed by atoms with Crippen LogP contribution in [0.2, 0.25) is 5.02 Å². The number of carbonyl (C=O) groups excluding carboxylic acids is 3. The Bertz CT molecular complexity index is 1180. The summed E-state index contributed by atoms with van der Waals surface area (Å²) in [6.07, 6.45) is 9.17. The number of aryl methyl sites for hydroxylation is 1. The third kappa shape index (κ3) is 5.06. The van der Waals surface area contributed by atoms with E-state index in [1.807, 2.05) is 25.1 Å². The van der Waals surface area contributed by atoms with Crippen LogP contribution >= 0.6 is 11.6 Å². The zero-order chi connectivity index (χ0) is 27.9. The van der Waals surface area contributed by atoms with Gasteiger partial charge in [0.05, 0.1) is 31.2 Å². The van der Waals surface area contributed by atoms with Gasteiger partial charge in [0.25, 0.3) is 0 Å². The highest BCUT2D eigenvalue weighted by Gasteiger charge is 2.72. The predicted molar refractivity (Wildman–Crippen MR) is 151 cm³/mol. The van der Waals surface area contributed by atoms with E-state index in [0.29, 0.717) is 30.5 Å². The molecule has 2 N–H and O–H groups in total. The van der Waals surface area contributed by atoms with Crippen LogP contribution in [-0.2, 0) is 23.9 Å². The molecule has 216 valence electrons. The number of likely N-dealkylation sites (tertiary alicyclic amines) is 1. The van der Waals surface area contributed by atoms with Crippen molar-refractivity contribution in [2.24, 2.45) is 11.8 Å². The SMILES string of the molecule is Cc1ccc(NC(=O)[C@@H]2[C@@H]3C=C[C@]4(O3)[C@@H]2C(=O)N(CCCN2CCOCC2)[C@H]4C(=O)NC2CCCCC2)cc1Cl. The third-order valence-corrected chi connectivity index (χ3v) is 9.70. The zero-order valence-electron chi connectivity index (χ0n) is 23.1. The number of benzene rings is 1. The molecule has 3 amide bonds. The molecule has 4 fully saturated rings. The fraction of sp³-hybridized carbons (Fsp3) is 0.633. The zero-order valence-corrected chi connectivity index (χ0v) is 23.8. The van der Waals surface area contributed by atoms with Crippen LogP contribution in [-0.4, -0.2) is 90.7 Å². The van der Waals surface area contributed by atoms with Crippen LogP contribution in [0.3, 0.4) is 0 Å². The van der Waals surface area contributed by atoms with E-state index in [2.05, 4.69) is 15.5 Å². The molecule has 0 aromatic heterocycles. The lowest BCUT2D eigenvalue weighted by Gasteiger charge is -2.34. The van der Waals surface area contributed by atoms with Crippen LogP contribution in [0.15, 0.2) is 30.4 Å². The van der Waals surface area contributed by atoms with E-state index in [1.165, 1.54) is 6.42 Å². The van der Waals surface area contributed by atoms with E-state index in [-0.39, 0.29) is 23.8 Å². The van der Waals surface area contributed by atoms with E-state index in [1.54, 1.807) is 17.0 Å². The summed E-state index contributed by atoms with van der Waals surface area (Å²) in [5, 5.41) is 6.75. The molecule has 1 aromatic rings. The molecule has 4 heterocycles. The molecule has 4 aliphatic heterocycles. The largest absolute Gasteiger partial charge is 0.379 e. The van der Waals surface area contributed by atoms with E-state index < -0.39 is 29.6 Å². The van der Waals surface area contributed by atoms with Gasteiger partial charge in [-0.25, -0.2) is 0 Å². The summed E-state index contributed by atoms with van der Waals surface area (Å²) >= 11 is 6.29. The van der Waals surface area contributed by atoms with Gasteiger partial charge in [-0.1, -0.05) is 49.1 Å². The highest BCUT2D eigenvalue weighted by molar-refractivity contribution is 6.31. The maximum absolute atomic E-state index is 14.1. The molecule has 5 aliphatic rings. The Morgan fingerprint density at radius 3 is 2.62 bits per heavy atom. The van der Waals surface area contributed by atoms with E-state index in [4.69, 9.17) is 21.1 Å². The number of rotatable bonds is 8. The first kappa shape index (κ1) is 27.7. The number of nitrogens with zero attached hydrogens (tertiary/aromatic N) is 2. The minimum atomic E-state index is -1.15. The minimum Gasteiger partial charge on any atom is -0.379 e. The highest BCUT2D eigenvalue weighted by atomic mass is 35.5. The first-order chi connectivity index (χ1) is 19.4. The van der Waals surface area contributed by atoms with Crippen molar-refractivity contribution in [3.63, 3.8) is 0 Å². The molecule has 40 heavy (non-hydrogen) atoms. The summed E-state index contributed by atoms with van der Waals surface area (Å²) in [5.41, 5.74) is 0.336. The number of anilines is 1. The summed E-state index contributed by atoms with van der Waals surface area (Å²) in [6, 6.07) is 4.66. The second kappa shape index (κ2) is 11.4. The van der Waals surface area contributed by atoms with Crippen molar-refractivity contribution < 1.29 is 23.9 Å². The van der Waals surface area contributed by atoms with Crippen LogP contribution in [0.25, 0.3) is 0 Å². The summed E-state index contributed by atoms with van der Waals surface area (Å²) in [4.78, 5) is 45.7. The molecule has 5 atom stereocenters.